The number of hydrogen-bond acceptors (Lipinski definition) is 2. The second kappa shape index (κ2) is 6.70. The highest BCUT2D eigenvalue weighted by molar-refractivity contribution is 9.10. The number of rotatable bonds is 5. The molecule has 1 unspecified atom stereocenters. The van der Waals surface area contributed by atoms with Gasteiger partial charge in [0.25, 0.3) is 0 Å². The van der Waals surface area contributed by atoms with Crippen molar-refractivity contribution in [2.24, 2.45) is 7.05 Å². The molecular formula is C14H16BrClFN3. The van der Waals surface area contributed by atoms with Gasteiger partial charge in [0, 0.05) is 17.1 Å². The first kappa shape index (κ1) is 15.5. The van der Waals surface area contributed by atoms with Crippen LogP contribution < -0.4 is 5.32 Å². The molecule has 20 heavy (non-hydrogen) atoms. The van der Waals surface area contributed by atoms with Crippen molar-refractivity contribution in [2.75, 3.05) is 6.54 Å². The largest absolute Gasteiger partial charge is 0.305 e. The lowest BCUT2D eigenvalue weighted by molar-refractivity contribution is 0.520. The van der Waals surface area contributed by atoms with Gasteiger partial charge in [-0.3, -0.25) is 4.68 Å². The van der Waals surface area contributed by atoms with Gasteiger partial charge in [0.2, 0.25) is 0 Å². The van der Waals surface area contributed by atoms with Gasteiger partial charge in [0.15, 0.2) is 0 Å². The molecule has 0 spiro atoms. The van der Waals surface area contributed by atoms with Crippen LogP contribution in [0.2, 0.25) is 5.02 Å². The van der Waals surface area contributed by atoms with Crippen molar-refractivity contribution >= 4 is 27.5 Å². The molecule has 108 valence electrons. The topological polar surface area (TPSA) is 29.9 Å². The lowest BCUT2D eigenvalue weighted by Gasteiger charge is -2.20. The zero-order valence-electron chi connectivity index (χ0n) is 11.3. The maximum Gasteiger partial charge on any atom is 0.129 e. The van der Waals surface area contributed by atoms with Crippen molar-refractivity contribution in [3.63, 3.8) is 0 Å². The molecule has 3 nitrogen and oxygen atoms in total. The summed E-state index contributed by atoms with van der Waals surface area (Å²) in [7, 11) is 1.80. The minimum atomic E-state index is -0.317. The third-order valence-electron chi connectivity index (χ3n) is 3.08. The van der Waals surface area contributed by atoms with Crippen molar-refractivity contribution in [2.45, 2.75) is 19.4 Å². The maximum atomic E-state index is 14.2. The van der Waals surface area contributed by atoms with Crippen molar-refractivity contribution in [1.29, 1.82) is 0 Å². The number of hydrogen-bond donors (Lipinski definition) is 1. The molecule has 0 saturated carbocycles. The molecule has 0 bridgehead atoms. The maximum absolute atomic E-state index is 14.2. The number of aromatic nitrogens is 2. The van der Waals surface area contributed by atoms with Gasteiger partial charge in [0.05, 0.1) is 23.0 Å². The number of halogens is 3. The summed E-state index contributed by atoms with van der Waals surface area (Å²) in [6.45, 7) is 2.83. The van der Waals surface area contributed by atoms with E-state index in [9.17, 15) is 4.39 Å². The first-order valence-electron chi connectivity index (χ1n) is 6.40. The van der Waals surface area contributed by atoms with Gasteiger partial charge in [-0.1, -0.05) is 40.5 Å². The van der Waals surface area contributed by atoms with Gasteiger partial charge in [-0.25, -0.2) is 4.39 Å². The zero-order chi connectivity index (χ0) is 14.7. The van der Waals surface area contributed by atoms with Gasteiger partial charge in [-0.05, 0) is 25.1 Å². The molecule has 0 aliphatic heterocycles. The molecule has 0 fully saturated rings. The molecule has 6 heteroatoms. The molecule has 0 radical (unpaired) electrons. The normalized spacial score (nSPS) is 12.7. The van der Waals surface area contributed by atoms with Crippen LogP contribution in [-0.2, 0) is 7.05 Å². The van der Waals surface area contributed by atoms with Gasteiger partial charge in [0.1, 0.15) is 5.82 Å². The number of nitrogens with one attached hydrogen (secondary N) is 1. The van der Waals surface area contributed by atoms with E-state index in [1.165, 1.54) is 6.07 Å². The summed E-state index contributed by atoms with van der Waals surface area (Å²) < 4.78 is 16.6. The molecule has 0 aliphatic carbocycles. The van der Waals surface area contributed by atoms with Crippen LogP contribution in [0.1, 0.15) is 30.6 Å². The Kier molecular flexibility index (Phi) is 5.18. The molecule has 1 N–H and O–H groups in total. The van der Waals surface area contributed by atoms with Gasteiger partial charge >= 0.3 is 0 Å². The van der Waals surface area contributed by atoms with Crippen LogP contribution in [0.15, 0.2) is 28.9 Å². The smallest absolute Gasteiger partial charge is 0.129 e. The Morgan fingerprint density at radius 1 is 1.50 bits per heavy atom. The standard InChI is InChI=1S/C14H16BrClFN3/c1-3-6-18-13(14-11(16)8-19-20(14)2)10-5-4-9(15)7-12(10)17/h4-5,7-8,13,18H,3,6H2,1-2H3. The fourth-order valence-corrected chi connectivity index (χ4v) is 2.73. The molecule has 1 heterocycles. The summed E-state index contributed by atoms with van der Waals surface area (Å²) in [6.07, 6.45) is 2.53. The third-order valence-corrected chi connectivity index (χ3v) is 3.87. The third kappa shape index (κ3) is 3.22. The molecule has 0 amide bonds. The molecule has 1 aromatic carbocycles. The fraction of sp³-hybridized carbons (Fsp3) is 0.357. The molecule has 1 atom stereocenters. The van der Waals surface area contributed by atoms with E-state index >= 15 is 0 Å². The van der Waals surface area contributed by atoms with Gasteiger partial charge in [-0.2, -0.15) is 5.10 Å². The second-order valence-electron chi connectivity index (χ2n) is 4.55. The van der Waals surface area contributed by atoms with E-state index in [0.717, 1.165) is 18.7 Å². The summed E-state index contributed by atoms with van der Waals surface area (Å²) >= 11 is 9.47. The molecule has 2 aromatic rings. The first-order valence-corrected chi connectivity index (χ1v) is 7.57. The monoisotopic (exact) mass is 359 g/mol. The SMILES string of the molecule is CCCNC(c1ccc(Br)cc1F)c1c(Cl)cnn1C. The highest BCUT2D eigenvalue weighted by atomic mass is 79.9. The van der Waals surface area contributed by atoms with E-state index in [2.05, 4.69) is 33.3 Å². The van der Waals surface area contributed by atoms with Crippen molar-refractivity contribution in [3.8, 4) is 0 Å². The zero-order valence-corrected chi connectivity index (χ0v) is 13.7. The van der Waals surface area contributed by atoms with Crippen LogP contribution in [0.3, 0.4) is 0 Å². The average molecular weight is 361 g/mol. The van der Waals surface area contributed by atoms with Crippen LogP contribution in [0.5, 0.6) is 0 Å². The van der Waals surface area contributed by atoms with Crippen LogP contribution >= 0.6 is 27.5 Å². The Balaban J connectivity index is 2.47. The molecule has 2 rings (SSSR count). The van der Waals surface area contributed by atoms with Crippen molar-refractivity contribution < 1.29 is 4.39 Å². The first-order chi connectivity index (χ1) is 9.54. The van der Waals surface area contributed by atoms with Crippen LogP contribution in [0, 0.1) is 5.82 Å². The second-order valence-corrected chi connectivity index (χ2v) is 5.88. The lowest BCUT2D eigenvalue weighted by Crippen LogP contribution is -2.26. The number of benzene rings is 1. The van der Waals surface area contributed by atoms with Crippen molar-refractivity contribution in [3.05, 3.63) is 51.0 Å². The Bertz CT molecular complexity index is 581. The Morgan fingerprint density at radius 2 is 2.25 bits per heavy atom. The average Bonchev–Trinajstić information content (AvgIpc) is 2.72. The van der Waals surface area contributed by atoms with Gasteiger partial charge < -0.3 is 5.32 Å². The summed E-state index contributed by atoms with van der Waals surface area (Å²) in [5.74, 6) is -0.273. The Hall–Kier alpha value is -0.910. The van der Waals surface area contributed by atoms with E-state index in [4.69, 9.17) is 11.6 Å². The predicted octanol–water partition coefficient (Wildman–Crippen LogP) is 4.06. The molecule has 0 aliphatic rings. The van der Waals surface area contributed by atoms with Crippen LogP contribution in [0.25, 0.3) is 0 Å². The predicted molar refractivity (Wildman–Crippen MR) is 82.5 cm³/mol. The summed E-state index contributed by atoms with van der Waals surface area (Å²) in [5.41, 5.74) is 1.33. The molecule has 1 aromatic heterocycles. The van der Waals surface area contributed by atoms with E-state index < -0.39 is 0 Å². The van der Waals surface area contributed by atoms with Gasteiger partial charge in [-0.15, -0.1) is 0 Å². The molecule has 0 saturated heterocycles. The van der Waals surface area contributed by atoms with E-state index in [0.29, 0.717) is 15.1 Å². The summed E-state index contributed by atoms with van der Waals surface area (Å²) in [5, 5.41) is 7.99. The van der Waals surface area contributed by atoms with Crippen molar-refractivity contribution in [1.82, 2.24) is 15.1 Å². The van der Waals surface area contributed by atoms with E-state index in [1.54, 1.807) is 24.0 Å². The quantitative estimate of drug-likeness (QED) is 0.871. The minimum Gasteiger partial charge on any atom is -0.305 e. The summed E-state index contributed by atoms with van der Waals surface area (Å²) in [4.78, 5) is 0. The molecular weight excluding hydrogens is 345 g/mol. The lowest BCUT2D eigenvalue weighted by atomic mass is 10.0. The summed E-state index contributed by atoms with van der Waals surface area (Å²) in [6, 6.07) is 4.72. The fourth-order valence-electron chi connectivity index (χ4n) is 2.12. The van der Waals surface area contributed by atoms with E-state index in [-0.39, 0.29) is 11.9 Å². The Labute approximate surface area is 131 Å². The van der Waals surface area contributed by atoms with Crippen LogP contribution in [0.4, 0.5) is 4.39 Å². The highest BCUT2D eigenvalue weighted by Crippen LogP contribution is 2.30. The van der Waals surface area contributed by atoms with E-state index in [1.807, 2.05) is 6.07 Å². The minimum absolute atomic E-state index is 0.273. The highest BCUT2D eigenvalue weighted by Gasteiger charge is 2.23. The number of aryl methyl sites for hydroxylation is 1. The Morgan fingerprint density at radius 3 is 2.80 bits per heavy atom. The van der Waals surface area contributed by atoms with Crippen LogP contribution in [-0.4, -0.2) is 16.3 Å². The number of nitrogens with zero attached hydrogens (tertiary/aromatic N) is 2.